The topological polar surface area (TPSA) is 50.7 Å². The van der Waals surface area contributed by atoms with Gasteiger partial charge < -0.3 is 19.9 Å². The van der Waals surface area contributed by atoms with Crippen molar-refractivity contribution >= 4 is 12.4 Å². The number of benzene rings is 1. The molecule has 1 fully saturated rings. The highest BCUT2D eigenvalue weighted by atomic mass is 35.5. The number of halogens is 1. The third-order valence-electron chi connectivity index (χ3n) is 3.71. The Morgan fingerprint density at radius 3 is 2.52 bits per heavy atom. The molecule has 1 aliphatic carbocycles. The summed E-state index contributed by atoms with van der Waals surface area (Å²) >= 11 is 0. The van der Waals surface area contributed by atoms with E-state index in [1.165, 1.54) is 18.4 Å². The van der Waals surface area contributed by atoms with Gasteiger partial charge in [0.05, 0.1) is 6.61 Å². The lowest BCUT2D eigenvalue weighted by molar-refractivity contribution is 0.104. The Bertz CT molecular complexity index is 421. The van der Waals surface area contributed by atoms with Crippen molar-refractivity contribution in [1.82, 2.24) is 5.32 Å². The second kappa shape index (κ2) is 10.9. The van der Waals surface area contributed by atoms with Gasteiger partial charge in [-0.25, -0.2) is 0 Å². The minimum Gasteiger partial charge on any atom is -0.491 e. The Morgan fingerprint density at radius 1 is 1.22 bits per heavy atom. The maximum absolute atomic E-state index is 9.80. The second-order valence-corrected chi connectivity index (χ2v) is 6.44. The van der Waals surface area contributed by atoms with Crippen LogP contribution in [0.15, 0.2) is 24.3 Å². The Hall–Kier alpha value is -0.810. The summed E-state index contributed by atoms with van der Waals surface area (Å²) in [7, 11) is 0. The highest BCUT2D eigenvalue weighted by Gasteiger charge is 2.20. The molecule has 0 aromatic heterocycles. The Morgan fingerprint density at radius 2 is 1.91 bits per heavy atom. The van der Waals surface area contributed by atoms with Gasteiger partial charge in [-0.3, -0.25) is 0 Å². The minimum absolute atomic E-state index is 0. The molecule has 5 heteroatoms. The summed E-state index contributed by atoms with van der Waals surface area (Å²) in [5.74, 6) is 1.62. The fourth-order valence-corrected chi connectivity index (χ4v) is 2.10. The van der Waals surface area contributed by atoms with E-state index in [-0.39, 0.29) is 12.4 Å². The van der Waals surface area contributed by atoms with E-state index in [0.717, 1.165) is 31.3 Å². The van der Waals surface area contributed by atoms with E-state index < -0.39 is 6.10 Å². The average molecular weight is 344 g/mol. The number of ether oxygens (including phenoxy) is 2. The van der Waals surface area contributed by atoms with Crippen LogP contribution in [0.25, 0.3) is 0 Å². The molecule has 1 aliphatic rings. The van der Waals surface area contributed by atoms with Gasteiger partial charge in [-0.15, -0.1) is 12.4 Å². The van der Waals surface area contributed by atoms with Crippen LogP contribution in [-0.4, -0.2) is 43.6 Å². The van der Waals surface area contributed by atoms with Crippen LogP contribution in [0.2, 0.25) is 0 Å². The molecule has 23 heavy (non-hydrogen) atoms. The molecule has 2 N–H and O–H groups in total. The largest absolute Gasteiger partial charge is 0.491 e. The standard InChI is InChI=1S/C18H29NO3.ClH/c1-14(2)19-11-17(20)13-22-18-7-5-15(6-8-18)9-10-21-12-16-3-4-16;/h5-8,14,16-17,19-20H,3-4,9-13H2,1-2H3;1H/t17-;/m1./s1. The van der Waals surface area contributed by atoms with Gasteiger partial charge in [0.15, 0.2) is 0 Å². The van der Waals surface area contributed by atoms with Crippen molar-refractivity contribution in [2.75, 3.05) is 26.4 Å². The van der Waals surface area contributed by atoms with Gasteiger partial charge >= 0.3 is 0 Å². The SMILES string of the molecule is CC(C)NC[C@@H](O)COc1ccc(CCOCC2CC2)cc1.Cl. The first-order valence-corrected chi connectivity index (χ1v) is 8.34. The maximum atomic E-state index is 9.80. The molecule has 1 aromatic carbocycles. The fourth-order valence-electron chi connectivity index (χ4n) is 2.10. The van der Waals surface area contributed by atoms with Crippen LogP contribution in [0.5, 0.6) is 5.75 Å². The lowest BCUT2D eigenvalue weighted by atomic mass is 10.1. The van der Waals surface area contributed by atoms with Crippen molar-refractivity contribution in [2.24, 2.45) is 5.92 Å². The molecule has 0 amide bonds. The molecular weight excluding hydrogens is 314 g/mol. The van der Waals surface area contributed by atoms with Crippen LogP contribution in [0.3, 0.4) is 0 Å². The molecular formula is C18H30ClNO3. The molecule has 1 aromatic rings. The van der Waals surface area contributed by atoms with Crippen molar-refractivity contribution in [3.8, 4) is 5.75 Å². The molecule has 0 aliphatic heterocycles. The summed E-state index contributed by atoms with van der Waals surface area (Å²) < 4.78 is 11.2. The van der Waals surface area contributed by atoms with Crippen LogP contribution in [0.1, 0.15) is 32.3 Å². The van der Waals surface area contributed by atoms with Crippen molar-refractivity contribution in [1.29, 1.82) is 0 Å². The van der Waals surface area contributed by atoms with Gasteiger partial charge in [-0.2, -0.15) is 0 Å². The lowest BCUT2D eigenvalue weighted by Crippen LogP contribution is -2.35. The maximum Gasteiger partial charge on any atom is 0.119 e. The molecule has 2 rings (SSSR count). The number of hydrogen-bond donors (Lipinski definition) is 2. The van der Waals surface area contributed by atoms with Gasteiger partial charge in [0.1, 0.15) is 18.5 Å². The average Bonchev–Trinajstić information content (AvgIpc) is 3.33. The lowest BCUT2D eigenvalue weighted by Gasteiger charge is -2.15. The minimum atomic E-state index is -0.488. The summed E-state index contributed by atoms with van der Waals surface area (Å²) in [6.07, 6.45) is 3.13. The highest BCUT2D eigenvalue weighted by Crippen LogP contribution is 2.28. The first kappa shape index (κ1) is 20.2. The molecule has 0 saturated heterocycles. The Kier molecular flexibility index (Phi) is 9.56. The van der Waals surface area contributed by atoms with Crippen LogP contribution in [0.4, 0.5) is 0 Å². The monoisotopic (exact) mass is 343 g/mol. The number of aliphatic hydroxyl groups excluding tert-OH is 1. The summed E-state index contributed by atoms with van der Waals surface area (Å²) in [5.41, 5.74) is 1.25. The number of nitrogens with one attached hydrogen (secondary N) is 1. The van der Waals surface area contributed by atoms with Gasteiger partial charge in [0.2, 0.25) is 0 Å². The van der Waals surface area contributed by atoms with Crippen molar-refractivity contribution in [3.63, 3.8) is 0 Å². The zero-order chi connectivity index (χ0) is 15.8. The predicted molar refractivity (Wildman–Crippen MR) is 95.6 cm³/mol. The van der Waals surface area contributed by atoms with E-state index >= 15 is 0 Å². The summed E-state index contributed by atoms with van der Waals surface area (Å²) in [6, 6.07) is 8.41. The summed E-state index contributed by atoms with van der Waals surface area (Å²) in [5, 5.41) is 13.0. The van der Waals surface area contributed by atoms with Crippen LogP contribution >= 0.6 is 12.4 Å². The Balaban J connectivity index is 0.00000264. The zero-order valence-electron chi connectivity index (χ0n) is 14.2. The fraction of sp³-hybridized carbons (Fsp3) is 0.667. The van der Waals surface area contributed by atoms with Crippen molar-refractivity contribution in [3.05, 3.63) is 29.8 Å². The van der Waals surface area contributed by atoms with Crippen LogP contribution in [0, 0.1) is 5.92 Å². The molecule has 1 saturated carbocycles. The highest BCUT2D eigenvalue weighted by molar-refractivity contribution is 5.85. The number of rotatable bonds is 11. The number of aliphatic hydroxyl groups is 1. The van der Waals surface area contributed by atoms with Crippen LogP contribution in [-0.2, 0) is 11.2 Å². The van der Waals surface area contributed by atoms with E-state index in [2.05, 4.69) is 31.3 Å². The molecule has 0 radical (unpaired) electrons. The van der Waals surface area contributed by atoms with E-state index in [1.54, 1.807) is 0 Å². The van der Waals surface area contributed by atoms with Gasteiger partial charge in [0, 0.05) is 19.2 Å². The van der Waals surface area contributed by atoms with Crippen LogP contribution < -0.4 is 10.1 Å². The summed E-state index contributed by atoms with van der Waals surface area (Å²) in [6.45, 7) is 6.68. The molecule has 4 nitrogen and oxygen atoms in total. The predicted octanol–water partition coefficient (Wildman–Crippen LogP) is 2.82. The third-order valence-corrected chi connectivity index (χ3v) is 3.71. The first-order chi connectivity index (χ1) is 10.6. The van der Waals surface area contributed by atoms with E-state index in [9.17, 15) is 5.11 Å². The number of hydrogen-bond acceptors (Lipinski definition) is 4. The molecule has 132 valence electrons. The van der Waals surface area contributed by atoms with Crippen molar-refractivity contribution < 1.29 is 14.6 Å². The van der Waals surface area contributed by atoms with Gasteiger partial charge in [0.25, 0.3) is 0 Å². The molecule has 0 spiro atoms. The van der Waals surface area contributed by atoms with E-state index in [1.807, 2.05) is 12.1 Å². The smallest absolute Gasteiger partial charge is 0.119 e. The van der Waals surface area contributed by atoms with E-state index in [4.69, 9.17) is 9.47 Å². The van der Waals surface area contributed by atoms with Gasteiger partial charge in [-0.1, -0.05) is 26.0 Å². The third kappa shape index (κ3) is 9.16. The zero-order valence-corrected chi connectivity index (χ0v) is 15.0. The first-order valence-electron chi connectivity index (χ1n) is 8.34. The molecule has 0 heterocycles. The summed E-state index contributed by atoms with van der Waals surface area (Å²) in [4.78, 5) is 0. The van der Waals surface area contributed by atoms with E-state index in [0.29, 0.717) is 19.2 Å². The molecule has 1 atom stereocenters. The Labute approximate surface area is 146 Å². The normalized spacial score (nSPS) is 15.3. The molecule has 0 unspecified atom stereocenters. The quantitative estimate of drug-likeness (QED) is 0.607. The van der Waals surface area contributed by atoms with Crippen molar-refractivity contribution in [2.45, 2.75) is 45.3 Å². The van der Waals surface area contributed by atoms with Gasteiger partial charge in [-0.05, 0) is 42.9 Å². The molecule has 0 bridgehead atoms. The second-order valence-electron chi connectivity index (χ2n) is 6.44.